The van der Waals surface area contributed by atoms with Gasteiger partial charge in [-0.3, -0.25) is 14.4 Å². The Labute approximate surface area is 230 Å². The number of benzene rings is 1. The van der Waals surface area contributed by atoms with E-state index in [0.29, 0.717) is 5.56 Å². The second kappa shape index (κ2) is 13.3. The number of rotatable bonds is 9. The summed E-state index contributed by atoms with van der Waals surface area (Å²) in [5, 5.41) is 0. The summed E-state index contributed by atoms with van der Waals surface area (Å²) in [7, 11) is 0. The summed E-state index contributed by atoms with van der Waals surface area (Å²) < 4.78 is 34.6. The van der Waals surface area contributed by atoms with Crippen LogP contribution in [0.1, 0.15) is 97.5 Å². The maximum absolute atomic E-state index is 13.2. The molecule has 0 aliphatic carbocycles. The zero-order valence-corrected chi connectivity index (χ0v) is 24.5. The largest absolute Gasteiger partial charge is 0.459 e. The van der Waals surface area contributed by atoms with Gasteiger partial charge in [0.25, 0.3) is 0 Å². The van der Waals surface area contributed by atoms with Crippen LogP contribution in [0, 0.1) is 0 Å². The van der Waals surface area contributed by atoms with Gasteiger partial charge in [0, 0.05) is 24.8 Å². The standard InChI is InChI=1S/C29H42O10/c1-10-20(30)35-19-16-34-27(25(37-22(32)12-3)24(19)36-21(31)11-2)38-23-17(26(33)39-29(7,8)9)14-13-15-18(23)28(4,5)6/h13-15,19,24-25,27H,10-12,16H2,1-9H3/t19-,24-,25+,27?/m0/s1. The van der Waals surface area contributed by atoms with Crippen molar-refractivity contribution in [2.75, 3.05) is 6.61 Å². The van der Waals surface area contributed by atoms with Crippen LogP contribution in [0.5, 0.6) is 5.75 Å². The average Bonchev–Trinajstić information content (AvgIpc) is 2.85. The number of para-hydroxylation sites is 1. The smallest absolute Gasteiger partial charge is 0.342 e. The SMILES string of the molecule is CCC(=O)O[C@H]1[C@@H](OC(=O)CC)COC(Oc2c(C(=O)OC(C)(C)C)cccc2C(C)(C)C)[C@@H]1OC(=O)CC. The molecule has 1 unspecified atom stereocenters. The van der Waals surface area contributed by atoms with Crippen LogP contribution in [-0.2, 0) is 43.5 Å². The highest BCUT2D eigenvalue weighted by Crippen LogP contribution is 2.37. The fourth-order valence-electron chi connectivity index (χ4n) is 3.80. The van der Waals surface area contributed by atoms with E-state index in [-0.39, 0.29) is 37.2 Å². The molecule has 39 heavy (non-hydrogen) atoms. The molecule has 1 aliphatic rings. The van der Waals surface area contributed by atoms with Gasteiger partial charge in [0.2, 0.25) is 12.4 Å². The lowest BCUT2D eigenvalue weighted by Crippen LogP contribution is -2.59. The molecule has 1 saturated heterocycles. The van der Waals surface area contributed by atoms with Crippen LogP contribution in [0.2, 0.25) is 0 Å². The van der Waals surface area contributed by atoms with Gasteiger partial charge in [-0.2, -0.15) is 0 Å². The Balaban J connectivity index is 2.60. The summed E-state index contributed by atoms with van der Waals surface area (Å²) in [6.45, 7) is 15.8. The maximum atomic E-state index is 13.2. The van der Waals surface area contributed by atoms with Crippen LogP contribution in [0.4, 0.5) is 0 Å². The average molecular weight is 551 g/mol. The first-order valence-electron chi connectivity index (χ1n) is 13.3. The number of carbonyl (C=O) groups is 4. The third kappa shape index (κ3) is 8.95. The number of carbonyl (C=O) groups excluding carboxylic acids is 4. The minimum atomic E-state index is -1.30. The molecule has 10 nitrogen and oxygen atoms in total. The second-order valence-electron chi connectivity index (χ2n) is 11.3. The molecule has 1 fully saturated rings. The predicted octanol–water partition coefficient (Wildman–Crippen LogP) is 4.64. The van der Waals surface area contributed by atoms with Gasteiger partial charge in [-0.05, 0) is 32.3 Å². The van der Waals surface area contributed by atoms with E-state index in [0.717, 1.165) is 0 Å². The van der Waals surface area contributed by atoms with Crippen molar-refractivity contribution in [3.05, 3.63) is 29.3 Å². The molecular formula is C29H42O10. The van der Waals surface area contributed by atoms with Crippen LogP contribution in [0.3, 0.4) is 0 Å². The molecule has 218 valence electrons. The minimum Gasteiger partial charge on any atom is -0.459 e. The summed E-state index contributed by atoms with van der Waals surface area (Å²) in [6.07, 6.45) is -4.67. The molecule has 1 aromatic rings. The Morgan fingerprint density at radius 2 is 1.36 bits per heavy atom. The van der Waals surface area contributed by atoms with E-state index in [1.54, 1.807) is 53.7 Å². The van der Waals surface area contributed by atoms with E-state index in [1.165, 1.54) is 0 Å². The quantitative estimate of drug-likeness (QED) is 0.317. The lowest BCUT2D eigenvalue weighted by atomic mass is 9.85. The molecule has 0 aromatic heterocycles. The molecule has 4 atom stereocenters. The topological polar surface area (TPSA) is 124 Å². The Bertz CT molecular complexity index is 1030. The van der Waals surface area contributed by atoms with E-state index in [2.05, 4.69) is 0 Å². The van der Waals surface area contributed by atoms with E-state index >= 15 is 0 Å². The molecule has 0 spiro atoms. The first-order valence-corrected chi connectivity index (χ1v) is 13.3. The lowest BCUT2D eigenvalue weighted by Gasteiger charge is -2.41. The molecule has 1 aliphatic heterocycles. The predicted molar refractivity (Wildman–Crippen MR) is 141 cm³/mol. The van der Waals surface area contributed by atoms with E-state index < -0.39 is 59.5 Å². The summed E-state index contributed by atoms with van der Waals surface area (Å²) in [5.74, 6) is -2.14. The van der Waals surface area contributed by atoms with Crippen molar-refractivity contribution < 1.29 is 47.6 Å². The molecule has 1 heterocycles. The zero-order valence-electron chi connectivity index (χ0n) is 24.5. The van der Waals surface area contributed by atoms with Gasteiger partial charge in [-0.25, -0.2) is 4.79 Å². The minimum absolute atomic E-state index is 0.0266. The molecule has 0 bridgehead atoms. The van der Waals surface area contributed by atoms with Crippen molar-refractivity contribution >= 4 is 23.9 Å². The van der Waals surface area contributed by atoms with Gasteiger partial charge in [0.15, 0.2) is 12.2 Å². The molecule has 0 saturated carbocycles. The van der Waals surface area contributed by atoms with Gasteiger partial charge in [0.1, 0.15) is 16.9 Å². The third-order valence-corrected chi connectivity index (χ3v) is 5.74. The number of hydrogen-bond acceptors (Lipinski definition) is 10. The molecule has 0 N–H and O–H groups in total. The van der Waals surface area contributed by atoms with Crippen LogP contribution in [-0.4, -0.2) is 60.7 Å². The molecule has 0 amide bonds. The van der Waals surface area contributed by atoms with Crippen LogP contribution >= 0.6 is 0 Å². The van der Waals surface area contributed by atoms with Gasteiger partial charge in [-0.15, -0.1) is 0 Å². The summed E-state index contributed by atoms with van der Waals surface area (Å²) in [4.78, 5) is 50.2. The highest BCUT2D eigenvalue weighted by Gasteiger charge is 2.49. The molecule has 0 radical (unpaired) electrons. The molecule has 10 heteroatoms. The number of ether oxygens (including phenoxy) is 6. The van der Waals surface area contributed by atoms with Crippen molar-refractivity contribution in [1.82, 2.24) is 0 Å². The summed E-state index contributed by atoms with van der Waals surface area (Å²) in [6, 6.07) is 5.13. The Kier molecular flexibility index (Phi) is 10.9. The van der Waals surface area contributed by atoms with Gasteiger partial charge in [-0.1, -0.05) is 53.7 Å². The molecular weight excluding hydrogens is 508 g/mol. The Hall–Kier alpha value is -3.14. The molecule has 2 rings (SSSR count). The van der Waals surface area contributed by atoms with Crippen LogP contribution < -0.4 is 4.74 Å². The lowest BCUT2D eigenvalue weighted by molar-refractivity contribution is -0.261. The maximum Gasteiger partial charge on any atom is 0.342 e. The number of hydrogen-bond donors (Lipinski definition) is 0. The first-order chi connectivity index (χ1) is 18.1. The summed E-state index contributed by atoms with van der Waals surface area (Å²) in [5.41, 5.74) is -0.396. The van der Waals surface area contributed by atoms with Crippen LogP contribution in [0.25, 0.3) is 0 Å². The Morgan fingerprint density at radius 1 is 0.821 bits per heavy atom. The fourth-order valence-corrected chi connectivity index (χ4v) is 3.80. The van der Waals surface area contributed by atoms with Crippen molar-refractivity contribution in [3.63, 3.8) is 0 Å². The fraction of sp³-hybridized carbons (Fsp3) is 0.655. The monoisotopic (exact) mass is 550 g/mol. The Morgan fingerprint density at radius 3 is 1.87 bits per heavy atom. The molecule has 1 aromatic carbocycles. The van der Waals surface area contributed by atoms with Gasteiger partial charge < -0.3 is 28.4 Å². The second-order valence-corrected chi connectivity index (χ2v) is 11.3. The first kappa shape index (κ1) is 32.1. The van der Waals surface area contributed by atoms with Crippen molar-refractivity contribution in [2.45, 2.75) is 117 Å². The zero-order chi connectivity index (χ0) is 29.5. The number of esters is 4. The van der Waals surface area contributed by atoms with Crippen molar-refractivity contribution in [3.8, 4) is 5.75 Å². The highest BCUT2D eigenvalue weighted by atomic mass is 16.7. The van der Waals surface area contributed by atoms with Crippen molar-refractivity contribution in [2.24, 2.45) is 0 Å². The van der Waals surface area contributed by atoms with Crippen LogP contribution in [0.15, 0.2) is 18.2 Å². The van der Waals surface area contributed by atoms with E-state index in [9.17, 15) is 19.2 Å². The normalized spacial score (nSPS) is 21.5. The van der Waals surface area contributed by atoms with Gasteiger partial charge >= 0.3 is 23.9 Å². The van der Waals surface area contributed by atoms with E-state index in [1.807, 2.05) is 26.8 Å². The van der Waals surface area contributed by atoms with Gasteiger partial charge in [0.05, 0.1) is 6.61 Å². The highest BCUT2D eigenvalue weighted by molar-refractivity contribution is 5.93. The van der Waals surface area contributed by atoms with E-state index in [4.69, 9.17) is 28.4 Å². The third-order valence-electron chi connectivity index (χ3n) is 5.74. The summed E-state index contributed by atoms with van der Waals surface area (Å²) >= 11 is 0. The van der Waals surface area contributed by atoms with Crippen molar-refractivity contribution in [1.29, 1.82) is 0 Å².